The number of amides is 3. The Labute approximate surface area is 235 Å². The molecule has 0 unspecified atom stereocenters. The number of imide groups is 1. The number of carbonyl (C=O) groups is 3. The van der Waals surface area contributed by atoms with Crippen molar-refractivity contribution in [3.8, 4) is 17.2 Å². The summed E-state index contributed by atoms with van der Waals surface area (Å²) in [7, 11) is 0. The number of halogens is 1. The molecule has 0 aliphatic carbocycles. The van der Waals surface area contributed by atoms with E-state index in [4.69, 9.17) is 25.8 Å². The zero-order chi connectivity index (χ0) is 27.8. The Morgan fingerprint density at radius 3 is 2.49 bits per heavy atom. The first-order valence-corrected chi connectivity index (χ1v) is 13.4. The van der Waals surface area contributed by atoms with Gasteiger partial charge < -0.3 is 19.5 Å². The summed E-state index contributed by atoms with van der Waals surface area (Å²) in [5.74, 6) is 0.420. The van der Waals surface area contributed by atoms with E-state index in [2.05, 4.69) is 5.32 Å². The van der Waals surface area contributed by atoms with Gasteiger partial charge in [-0.15, -0.1) is 0 Å². The van der Waals surface area contributed by atoms with E-state index >= 15 is 0 Å². The van der Waals surface area contributed by atoms with Crippen LogP contribution in [0.3, 0.4) is 0 Å². The molecule has 3 aromatic rings. The van der Waals surface area contributed by atoms with Crippen molar-refractivity contribution >= 4 is 52.2 Å². The number of anilines is 1. The number of aryl methyl sites for hydroxylation is 1. The topological polar surface area (TPSA) is 94.2 Å². The first kappa shape index (κ1) is 28.1. The minimum absolute atomic E-state index is 0.124. The molecule has 0 saturated carbocycles. The van der Waals surface area contributed by atoms with E-state index in [1.807, 2.05) is 49.4 Å². The summed E-state index contributed by atoms with van der Waals surface area (Å²) >= 11 is 7.32. The molecule has 1 saturated heterocycles. The average molecular weight is 567 g/mol. The van der Waals surface area contributed by atoms with Gasteiger partial charge in [0.2, 0.25) is 0 Å². The van der Waals surface area contributed by atoms with E-state index in [9.17, 15) is 14.4 Å². The normalized spacial score (nSPS) is 14.0. The predicted octanol–water partition coefficient (Wildman–Crippen LogP) is 6.18. The Morgan fingerprint density at radius 2 is 1.77 bits per heavy atom. The number of thioether (sulfide) groups is 1. The van der Waals surface area contributed by atoms with Gasteiger partial charge in [-0.2, -0.15) is 0 Å². The molecule has 1 fully saturated rings. The molecule has 0 bridgehead atoms. The Kier molecular flexibility index (Phi) is 9.51. The van der Waals surface area contributed by atoms with Gasteiger partial charge in [-0.05, 0) is 73.6 Å². The van der Waals surface area contributed by atoms with Crippen molar-refractivity contribution in [2.45, 2.75) is 13.8 Å². The highest BCUT2D eigenvalue weighted by Gasteiger charge is 2.35. The molecule has 39 heavy (non-hydrogen) atoms. The van der Waals surface area contributed by atoms with Crippen LogP contribution in [0.4, 0.5) is 10.5 Å². The fourth-order valence-corrected chi connectivity index (χ4v) is 4.80. The van der Waals surface area contributed by atoms with Gasteiger partial charge in [-0.1, -0.05) is 47.5 Å². The molecule has 1 aliphatic heterocycles. The third-order valence-corrected chi connectivity index (χ3v) is 6.70. The molecule has 1 N–H and O–H groups in total. The summed E-state index contributed by atoms with van der Waals surface area (Å²) < 4.78 is 17.0. The van der Waals surface area contributed by atoms with Crippen molar-refractivity contribution in [1.82, 2.24) is 4.90 Å². The van der Waals surface area contributed by atoms with Gasteiger partial charge in [-0.25, -0.2) is 0 Å². The van der Waals surface area contributed by atoms with Crippen LogP contribution in [0, 0.1) is 6.92 Å². The molecule has 1 aliphatic rings. The van der Waals surface area contributed by atoms with Gasteiger partial charge in [0.15, 0.2) is 18.1 Å². The van der Waals surface area contributed by atoms with Crippen molar-refractivity contribution in [1.29, 1.82) is 0 Å². The molecule has 0 radical (unpaired) electrons. The van der Waals surface area contributed by atoms with E-state index in [-0.39, 0.29) is 46.6 Å². The Bertz CT molecular complexity index is 1380. The van der Waals surface area contributed by atoms with Gasteiger partial charge >= 0.3 is 0 Å². The molecule has 3 amide bonds. The van der Waals surface area contributed by atoms with Crippen LogP contribution in [0.15, 0.2) is 71.6 Å². The van der Waals surface area contributed by atoms with E-state index in [0.717, 1.165) is 22.2 Å². The summed E-state index contributed by atoms with van der Waals surface area (Å²) in [4.78, 5) is 39.2. The second-order valence-corrected chi connectivity index (χ2v) is 9.86. The minimum Gasteiger partial charge on any atom is -0.492 e. The van der Waals surface area contributed by atoms with Gasteiger partial charge in [0, 0.05) is 5.69 Å². The molecular weight excluding hydrogens is 540 g/mol. The monoisotopic (exact) mass is 566 g/mol. The highest BCUT2D eigenvalue weighted by Crippen LogP contribution is 2.39. The van der Waals surface area contributed by atoms with Crippen LogP contribution >= 0.6 is 23.4 Å². The summed E-state index contributed by atoms with van der Waals surface area (Å²) in [5.41, 5.74) is 2.30. The highest BCUT2D eigenvalue weighted by atomic mass is 35.5. The zero-order valence-electron chi connectivity index (χ0n) is 21.4. The SMILES string of the molecule is CCOc1cc(/C=C2\SC(=O)N(CCOc3ccc(C)cc3)C2=O)cc(Cl)c1OCC(=O)Nc1ccccc1. The lowest BCUT2D eigenvalue weighted by Crippen LogP contribution is -2.32. The smallest absolute Gasteiger partial charge is 0.293 e. The van der Waals surface area contributed by atoms with Crippen molar-refractivity contribution in [3.63, 3.8) is 0 Å². The quantitative estimate of drug-likeness (QED) is 0.277. The number of nitrogens with one attached hydrogen (secondary N) is 1. The maximum Gasteiger partial charge on any atom is 0.293 e. The van der Waals surface area contributed by atoms with E-state index < -0.39 is 5.91 Å². The third kappa shape index (κ3) is 7.55. The minimum atomic E-state index is -0.413. The number of ether oxygens (including phenoxy) is 3. The molecule has 4 rings (SSSR count). The molecule has 202 valence electrons. The predicted molar refractivity (Wildman–Crippen MR) is 153 cm³/mol. The fourth-order valence-electron chi connectivity index (χ4n) is 3.66. The maximum absolute atomic E-state index is 12.9. The van der Waals surface area contributed by atoms with E-state index in [1.165, 1.54) is 0 Å². The molecule has 3 aromatic carbocycles. The number of nitrogens with zero attached hydrogens (tertiary/aromatic N) is 1. The first-order valence-electron chi connectivity index (χ1n) is 12.2. The second kappa shape index (κ2) is 13.2. The average Bonchev–Trinajstić information content (AvgIpc) is 3.17. The summed E-state index contributed by atoms with van der Waals surface area (Å²) in [5, 5.41) is 2.56. The Hall–Kier alpha value is -3.95. The van der Waals surface area contributed by atoms with Gasteiger partial charge in [0.1, 0.15) is 12.4 Å². The lowest BCUT2D eigenvalue weighted by atomic mass is 10.1. The lowest BCUT2D eigenvalue weighted by Gasteiger charge is -2.15. The standard InChI is InChI=1S/C29H27ClN2O6S/c1-3-36-24-16-20(15-23(30)27(24)38-18-26(33)31-21-7-5-4-6-8-21)17-25-28(34)32(29(35)39-25)13-14-37-22-11-9-19(2)10-12-22/h4-12,15-17H,3,13-14,18H2,1-2H3,(H,31,33)/b25-17-. The van der Waals surface area contributed by atoms with Crippen molar-refractivity contribution < 1.29 is 28.6 Å². The van der Waals surface area contributed by atoms with Gasteiger partial charge in [-0.3, -0.25) is 19.3 Å². The van der Waals surface area contributed by atoms with E-state index in [0.29, 0.717) is 29.4 Å². The van der Waals surface area contributed by atoms with Crippen LogP contribution in [0.2, 0.25) is 5.02 Å². The Morgan fingerprint density at radius 1 is 1.03 bits per heavy atom. The third-order valence-electron chi connectivity index (χ3n) is 5.51. The van der Waals surface area contributed by atoms with Crippen molar-refractivity contribution in [2.75, 3.05) is 31.7 Å². The molecule has 0 spiro atoms. The summed E-state index contributed by atoms with van der Waals surface area (Å²) in [6.45, 7) is 4.13. The van der Waals surface area contributed by atoms with Crippen LogP contribution < -0.4 is 19.5 Å². The molecule has 8 nitrogen and oxygen atoms in total. The highest BCUT2D eigenvalue weighted by molar-refractivity contribution is 8.18. The number of benzene rings is 3. The van der Waals surface area contributed by atoms with E-state index in [1.54, 1.807) is 37.3 Å². The van der Waals surface area contributed by atoms with Crippen molar-refractivity contribution in [3.05, 3.63) is 87.8 Å². The first-order chi connectivity index (χ1) is 18.8. The number of hydrogen-bond donors (Lipinski definition) is 1. The second-order valence-electron chi connectivity index (χ2n) is 8.46. The van der Waals surface area contributed by atoms with Crippen LogP contribution in [-0.2, 0) is 9.59 Å². The molecular formula is C29H27ClN2O6S. The van der Waals surface area contributed by atoms with Gasteiger partial charge in [0.05, 0.1) is 23.1 Å². The fraction of sp³-hybridized carbons (Fsp3) is 0.207. The van der Waals surface area contributed by atoms with Crippen LogP contribution in [-0.4, -0.2) is 48.3 Å². The van der Waals surface area contributed by atoms with Crippen LogP contribution in [0.5, 0.6) is 17.2 Å². The number of carbonyl (C=O) groups excluding carboxylic acids is 3. The molecule has 0 aromatic heterocycles. The summed E-state index contributed by atoms with van der Waals surface area (Å²) in [6.07, 6.45) is 1.58. The molecule has 1 heterocycles. The lowest BCUT2D eigenvalue weighted by molar-refractivity contribution is -0.123. The number of para-hydroxylation sites is 1. The summed E-state index contributed by atoms with van der Waals surface area (Å²) in [6, 6.07) is 19.8. The molecule has 0 atom stereocenters. The molecule has 10 heteroatoms. The van der Waals surface area contributed by atoms with Crippen molar-refractivity contribution in [2.24, 2.45) is 0 Å². The number of hydrogen-bond acceptors (Lipinski definition) is 7. The largest absolute Gasteiger partial charge is 0.492 e. The zero-order valence-corrected chi connectivity index (χ0v) is 23.0. The number of rotatable bonds is 11. The van der Waals surface area contributed by atoms with Crippen LogP contribution in [0.1, 0.15) is 18.1 Å². The van der Waals surface area contributed by atoms with Gasteiger partial charge in [0.25, 0.3) is 17.1 Å². The van der Waals surface area contributed by atoms with Crippen LogP contribution in [0.25, 0.3) is 6.08 Å². The maximum atomic E-state index is 12.9. The Balaban J connectivity index is 1.41.